The van der Waals surface area contributed by atoms with Gasteiger partial charge in [0.15, 0.2) is 0 Å². The van der Waals surface area contributed by atoms with Crippen molar-refractivity contribution in [2.24, 2.45) is 5.73 Å². The maximum absolute atomic E-state index is 6.09. The van der Waals surface area contributed by atoms with Crippen LogP contribution in [0.5, 0.6) is 5.75 Å². The molecule has 2 rings (SSSR count). The first kappa shape index (κ1) is 14.4. The number of hydrogen-bond acceptors (Lipinski definition) is 3. The van der Waals surface area contributed by atoms with Crippen molar-refractivity contribution in [3.8, 4) is 5.75 Å². The minimum Gasteiger partial charge on any atom is -0.496 e. The lowest BCUT2D eigenvalue weighted by atomic mass is 9.67. The van der Waals surface area contributed by atoms with E-state index in [9.17, 15) is 0 Å². The number of para-hydroxylation sites is 1. The predicted molar refractivity (Wildman–Crippen MR) is 79.7 cm³/mol. The van der Waals surface area contributed by atoms with Gasteiger partial charge in [-0.1, -0.05) is 18.2 Å². The fourth-order valence-electron chi connectivity index (χ4n) is 3.39. The molecule has 0 spiro atoms. The first-order valence-electron chi connectivity index (χ1n) is 7.11. The predicted octanol–water partition coefficient (Wildman–Crippen LogP) is 2.40. The molecule has 1 aliphatic carbocycles. The minimum atomic E-state index is 0.186. The number of nitrogens with two attached hydrogens (primary N) is 1. The fourth-order valence-corrected chi connectivity index (χ4v) is 3.39. The lowest BCUT2D eigenvalue weighted by Gasteiger charge is -2.42. The zero-order valence-corrected chi connectivity index (χ0v) is 12.4. The fraction of sp³-hybridized carbons (Fsp3) is 0.625. The van der Waals surface area contributed by atoms with Crippen LogP contribution in [0.3, 0.4) is 0 Å². The highest BCUT2D eigenvalue weighted by molar-refractivity contribution is 5.40. The average Bonchev–Trinajstić information content (AvgIpc) is 2.41. The summed E-state index contributed by atoms with van der Waals surface area (Å²) in [5.41, 5.74) is 7.62. The second kappa shape index (κ2) is 5.93. The maximum atomic E-state index is 6.09. The van der Waals surface area contributed by atoms with Crippen molar-refractivity contribution in [3.63, 3.8) is 0 Å². The maximum Gasteiger partial charge on any atom is 0.122 e. The molecule has 1 saturated carbocycles. The Morgan fingerprint density at radius 2 is 1.89 bits per heavy atom. The van der Waals surface area contributed by atoms with Crippen LogP contribution in [0.25, 0.3) is 0 Å². The van der Waals surface area contributed by atoms with Crippen molar-refractivity contribution in [3.05, 3.63) is 29.8 Å². The summed E-state index contributed by atoms with van der Waals surface area (Å²) in [7, 11) is 6.05. The van der Waals surface area contributed by atoms with Gasteiger partial charge in [0.1, 0.15) is 5.75 Å². The smallest absolute Gasteiger partial charge is 0.122 e. The van der Waals surface area contributed by atoms with E-state index in [1.165, 1.54) is 5.56 Å². The highest BCUT2D eigenvalue weighted by Crippen LogP contribution is 2.43. The van der Waals surface area contributed by atoms with Gasteiger partial charge in [-0.2, -0.15) is 0 Å². The van der Waals surface area contributed by atoms with Crippen LogP contribution in [-0.4, -0.2) is 38.7 Å². The molecule has 0 bridgehead atoms. The van der Waals surface area contributed by atoms with Gasteiger partial charge < -0.3 is 15.4 Å². The van der Waals surface area contributed by atoms with E-state index in [-0.39, 0.29) is 5.41 Å². The van der Waals surface area contributed by atoms with Crippen LogP contribution < -0.4 is 10.5 Å². The highest BCUT2D eigenvalue weighted by atomic mass is 16.5. The second-order valence-corrected chi connectivity index (χ2v) is 6.06. The summed E-state index contributed by atoms with van der Waals surface area (Å²) in [5.74, 6) is 1.01. The molecule has 0 aromatic heterocycles. The molecule has 1 aliphatic rings. The van der Waals surface area contributed by atoms with Gasteiger partial charge in [-0.15, -0.1) is 0 Å². The van der Waals surface area contributed by atoms with E-state index in [1.54, 1.807) is 7.11 Å². The van der Waals surface area contributed by atoms with E-state index in [4.69, 9.17) is 10.5 Å². The zero-order valence-electron chi connectivity index (χ0n) is 12.4. The minimum absolute atomic E-state index is 0.186. The van der Waals surface area contributed by atoms with Gasteiger partial charge in [-0.25, -0.2) is 0 Å². The van der Waals surface area contributed by atoms with Crippen LogP contribution in [-0.2, 0) is 5.41 Å². The monoisotopic (exact) mass is 262 g/mol. The molecule has 0 atom stereocenters. The zero-order chi connectivity index (χ0) is 13.9. The number of rotatable bonds is 4. The van der Waals surface area contributed by atoms with Crippen LogP contribution in [0.4, 0.5) is 0 Å². The Kier molecular flexibility index (Phi) is 4.48. The number of benzene rings is 1. The first-order valence-corrected chi connectivity index (χ1v) is 7.11. The number of ether oxygens (including phenoxy) is 1. The summed E-state index contributed by atoms with van der Waals surface area (Å²) in [6.45, 7) is 1.06. The summed E-state index contributed by atoms with van der Waals surface area (Å²) in [4.78, 5) is 2.28. The normalized spacial score (nSPS) is 27.5. The molecule has 0 aliphatic heterocycles. The number of methoxy groups -OCH3 is 1. The lowest BCUT2D eigenvalue weighted by molar-refractivity contribution is 0.199. The third-order valence-electron chi connectivity index (χ3n) is 4.28. The quantitative estimate of drug-likeness (QED) is 0.905. The number of nitrogens with zero attached hydrogens (tertiary/aromatic N) is 1. The summed E-state index contributed by atoms with van der Waals surface area (Å²) >= 11 is 0. The van der Waals surface area contributed by atoms with Gasteiger partial charge in [0, 0.05) is 23.6 Å². The molecule has 0 saturated heterocycles. The Hall–Kier alpha value is -1.06. The largest absolute Gasteiger partial charge is 0.496 e. The first-order chi connectivity index (χ1) is 9.07. The molecule has 106 valence electrons. The average molecular weight is 262 g/mol. The van der Waals surface area contributed by atoms with Gasteiger partial charge in [0.2, 0.25) is 0 Å². The van der Waals surface area contributed by atoms with Gasteiger partial charge in [-0.05, 0) is 45.8 Å². The topological polar surface area (TPSA) is 38.5 Å². The summed E-state index contributed by atoms with van der Waals surface area (Å²) in [6.07, 6.45) is 4.50. The molecule has 1 aromatic rings. The van der Waals surface area contributed by atoms with Gasteiger partial charge in [0.05, 0.1) is 7.11 Å². The van der Waals surface area contributed by atoms with Crippen LogP contribution >= 0.6 is 0 Å². The third-order valence-corrected chi connectivity index (χ3v) is 4.28. The Balaban J connectivity index is 2.36. The van der Waals surface area contributed by atoms with E-state index >= 15 is 0 Å². The van der Waals surface area contributed by atoms with E-state index in [0.29, 0.717) is 6.04 Å². The summed E-state index contributed by atoms with van der Waals surface area (Å²) < 4.78 is 5.58. The standard InChI is InChI=1S/C16H26N2O/c1-18(2)12-16(10-8-13(17)9-11-16)14-6-4-5-7-15(14)19-3/h4-7,13H,8-12,17H2,1-3H3. The second-order valence-electron chi connectivity index (χ2n) is 6.06. The molecule has 19 heavy (non-hydrogen) atoms. The Labute approximate surface area is 116 Å². The molecule has 2 N–H and O–H groups in total. The van der Waals surface area contributed by atoms with E-state index in [2.05, 4.69) is 37.2 Å². The molecule has 1 aromatic carbocycles. The molecule has 0 radical (unpaired) electrons. The van der Waals surface area contributed by atoms with Gasteiger partial charge >= 0.3 is 0 Å². The van der Waals surface area contributed by atoms with Crippen molar-refractivity contribution in [1.82, 2.24) is 4.90 Å². The molecule has 3 nitrogen and oxygen atoms in total. The van der Waals surface area contributed by atoms with Crippen molar-refractivity contribution in [2.75, 3.05) is 27.7 Å². The van der Waals surface area contributed by atoms with E-state index in [1.807, 2.05) is 6.07 Å². The lowest BCUT2D eigenvalue weighted by Crippen LogP contribution is -2.43. The van der Waals surface area contributed by atoms with Crippen molar-refractivity contribution in [1.29, 1.82) is 0 Å². The Morgan fingerprint density at radius 3 is 2.47 bits per heavy atom. The molecule has 0 heterocycles. The van der Waals surface area contributed by atoms with Crippen LogP contribution in [0.15, 0.2) is 24.3 Å². The molecule has 0 amide bonds. The van der Waals surface area contributed by atoms with Crippen molar-refractivity contribution in [2.45, 2.75) is 37.1 Å². The molecule has 1 fully saturated rings. The van der Waals surface area contributed by atoms with Crippen molar-refractivity contribution >= 4 is 0 Å². The van der Waals surface area contributed by atoms with Gasteiger partial charge in [0.25, 0.3) is 0 Å². The third kappa shape index (κ3) is 3.10. The summed E-state index contributed by atoms with van der Waals surface area (Å²) in [5, 5.41) is 0. The summed E-state index contributed by atoms with van der Waals surface area (Å²) in [6, 6.07) is 8.81. The van der Waals surface area contributed by atoms with Crippen LogP contribution in [0.1, 0.15) is 31.2 Å². The number of hydrogen-bond donors (Lipinski definition) is 1. The highest BCUT2D eigenvalue weighted by Gasteiger charge is 2.38. The molecule has 3 heteroatoms. The van der Waals surface area contributed by atoms with Gasteiger partial charge in [-0.3, -0.25) is 0 Å². The molecular formula is C16H26N2O. The van der Waals surface area contributed by atoms with E-state index in [0.717, 1.165) is 38.0 Å². The number of likely N-dealkylation sites (N-methyl/N-ethyl adjacent to an activating group) is 1. The SMILES string of the molecule is COc1ccccc1C1(CN(C)C)CCC(N)CC1. The molecule has 0 unspecified atom stereocenters. The van der Waals surface area contributed by atoms with Crippen LogP contribution in [0.2, 0.25) is 0 Å². The molecular weight excluding hydrogens is 236 g/mol. The Morgan fingerprint density at radius 1 is 1.26 bits per heavy atom. The van der Waals surface area contributed by atoms with Crippen LogP contribution in [0, 0.1) is 0 Å². The Bertz CT molecular complexity index is 409. The van der Waals surface area contributed by atoms with E-state index < -0.39 is 0 Å². The van der Waals surface area contributed by atoms with Crippen molar-refractivity contribution < 1.29 is 4.74 Å².